The van der Waals surface area contributed by atoms with Gasteiger partial charge in [0.05, 0.1) is 4.90 Å². The summed E-state index contributed by atoms with van der Waals surface area (Å²) in [6.45, 7) is 1.73. The number of benzene rings is 2. The van der Waals surface area contributed by atoms with Crippen LogP contribution in [-0.4, -0.2) is 37.2 Å². The molecule has 2 rings (SSSR count). The quantitative estimate of drug-likeness (QED) is 0.636. The third-order valence-corrected chi connectivity index (χ3v) is 5.18. The molecule has 2 aromatic carbocycles. The summed E-state index contributed by atoms with van der Waals surface area (Å²) in [7, 11) is -2.05. The van der Waals surface area contributed by atoms with Crippen molar-refractivity contribution in [2.45, 2.75) is 18.2 Å². The van der Waals surface area contributed by atoms with Crippen LogP contribution in [0.4, 0.5) is 0 Å². The smallest absolute Gasteiger partial charge is 0.242 e. The lowest BCUT2D eigenvalue weighted by atomic mass is 10.1. The van der Waals surface area contributed by atoms with Gasteiger partial charge in [-0.05, 0) is 12.1 Å². The highest BCUT2D eigenvalue weighted by molar-refractivity contribution is 7.89. The number of carbonyl (C=O) groups excluding carboxylic acids is 1. The first-order valence-electron chi connectivity index (χ1n) is 7.59. The number of ketones is 1. The molecule has 6 heteroatoms. The Hall–Kier alpha value is -2.62. The molecule has 0 amide bonds. The summed E-state index contributed by atoms with van der Waals surface area (Å²) in [4.78, 5) is 12.2. The van der Waals surface area contributed by atoms with Gasteiger partial charge in [-0.2, -0.15) is 0 Å². The van der Waals surface area contributed by atoms with Gasteiger partial charge in [-0.15, -0.1) is 0 Å². The van der Waals surface area contributed by atoms with E-state index in [0.29, 0.717) is 5.56 Å². The zero-order valence-corrected chi connectivity index (χ0v) is 15.0. The van der Waals surface area contributed by atoms with Crippen molar-refractivity contribution in [1.29, 1.82) is 0 Å². The maximum absolute atomic E-state index is 12.3. The molecule has 1 N–H and O–H groups in total. The average Bonchev–Trinajstić information content (AvgIpc) is 2.67. The maximum atomic E-state index is 12.3. The van der Waals surface area contributed by atoms with Gasteiger partial charge < -0.3 is 5.11 Å². The number of aliphatic hydroxyl groups excluding tert-OH is 1. The van der Waals surface area contributed by atoms with Gasteiger partial charge in [0, 0.05) is 32.5 Å². The second-order valence-electron chi connectivity index (χ2n) is 5.04. The molecule has 0 unspecified atom stereocenters. The molecule has 0 saturated heterocycles. The van der Waals surface area contributed by atoms with E-state index in [-0.39, 0.29) is 23.6 Å². The molecule has 25 heavy (non-hydrogen) atoms. The third kappa shape index (κ3) is 6.42. The van der Waals surface area contributed by atoms with Gasteiger partial charge in [-0.3, -0.25) is 4.79 Å². The minimum absolute atomic E-state index is 0.0642. The lowest BCUT2D eigenvalue weighted by Gasteiger charge is -2.16. The minimum atomic E-state index is -3.54. The van der Waals surface area contributed by atoms with Crippen molar-refractivity contribution in [1.82, 2.24) is 4.31 Å². The van der Waals surface area contributed by atoms with Crippen LogP contribution in [0.1, 0.15) is 23.7 Å². The first-order chi connectivity index (χ1) is 11.9. The van der Waals surface area contributed by atoms with Gasteiger partial charge in [-0.1, -0.05) is 54.5 Å². The van der Waals surface area contributed by atoms with Crippen LogP contribution in [0.2, 0.25) is 0 Å². The minimum Gasteiger partial charge on any atom is -0.462 e. The topological polar surface area (TPSA) is 74.7 Å². The highest BCUT2D eigenvalue weighted by Crippen LogP contribution is 2.14. The van der Waals surface area contributed by atoms with E-state index in [9.17, 15) is 13.2 Å². The van der Waals surface area contributed by atoms with Crippen LogP contribution in [-0.2, 0) is 10.0 Å². The number of sulfonamides is 1. The van der Waals surface area contributed by atoms with Crippen LogP contribution in [0.3, 0.4) is 0 Å². The predicted molar refractivity (Wildman–Crippen MR) is 97.0 cm³/mol. The average molecular weight is 359 g/mol. The Morgan fingerprint density at radius 2 is 1.52 bits per heavy atom. The zero-order valence-electron chi connectivity index (χ0n) is 14.2. The molecule has 2 aromatic rings. The van der Waals surface area contributed by atoms with E-state index < -0.39 is 10.0 Å². The van der Waals surface area contributed by atoms with E-state index in [1.54, 1.807) is 67.6 Å². The molecule has 0 aliphatic carbocycles. The van der Waals surface area contributed by atoms with Gasteiger partial charge >= 0.3 is 0 Å². The van der Waals surface area contributed by atoms with Crippen molar-refractivity contribution < 1.29 is 18.3 Å². The first-order valence-corrected chi connectivity index (χ1v) is 9.03. The Labute approximate surface area is 149 Å². The van der Waals surface area contributed by atoms with E-state index in [4.69, 9.17) is 5.11 Å². The predicted octanol–water partition coefficient (Wildman–Crippen LogP) is 2.92. The molecule has 0 bridgehead atoms. The van der Waals surface area contributed by atoms with Crippen molar-refractivity contribution in [3.8, 4) is 12.0 Å². The Balaban J connectivity index is 0.000000705. The van der Waals surface area contributed by atoms with Crippen LogP contribution in [0.5, 0.6) is 0 Å². The molecule has 0 aliphatic heterocycles. The van der Waals surface area contributed by atoms with Crippen LogP contribution in [0.15, 0.2) is 65.6 Å². The van der Waals surface area contributed by atoms with E-state index in [1.807, 2.05) is 6.07 Å². The lowest BCUT2D eigenvalue weighted by molar-refractivity contribution is 0.0978. The number of nitrogens with zero attached hydrogens (tertiary/aromatic N) is 1. The summed E-state index contributed by atoms with van der Waals surface area (Å²) in [5.74, 6) is 2.17. The van der Waals surface area contributed by atoms with Crippen molar-refractivity contribution in [2.24, 2.45) is 0 Å². The van der Waals surface area contributed by atoms with Crippen molar-refractivity contribution in [3.05, 3.63) is 66.2 Å². The fraction of sp³-hybridized carbons (Fsp3) is 0.211. The number of Topliss-reactive ketones (excluding diaryl/α,β-unsaturated/α-hetero) is 1. The van der Waals surface area contributed by atoms with Crippen LogP contribution in [0, 0.1) is 12.0 Å². The second-order valence-corrected chi connectivity index (χ2v) is 7.09. The van der Waals surface area contributed by atoms with Gasteiger partial charge in [0.2, 0.25) is 10.0 Å². The van der Waals surface area contributed by atoms with E-state index in [0.717, 1.165) is 0 Å². The molecule has 0 heterocycles. The summed E-state index contributed by atoms with van der Waals surface area (Å²) in [5, 5.41) is 7.51. The molecule has 0 spiro atoms. The van der Waals surface area contributed by atoms with Gasteiger partial charge in [0.1, 0.15) is 6.11 Å². The zero-order chi connectivity index (χ0) is 18.7. The Morgan fingerprint density at radius 3 is 2.00 bits per heavy atom. The molecule has 0 atom stereocenters. The fourth-order valence-corrected chi connectivity index (χ4v) is 3.11. The summed E-state index contributed by atoms with van der Waals surface area (Å²) >= 11 is 0. The van der Waals surface area contributed by atoms with Gasteiger partial charge in [0.25, 0.3) is 0 Å². The summed E-state index contributed by atoms with van der Waals surface area (Å²) in [5.41, 5.74) is 0.600. The number of hydrogen-bond acceptors (Lipinski definition) is 4. The fourth-order valence-electron chi connectivity index (χ4n) is 1.92. The Bertz CT molecular complexity index is 816. The molecular formula is C19H21NO4S. The largest absolute Gasteiger partial charge is 0.462 e. The summed E-state index contributed by atoms with van der Waals surface area (Å²) < 4.78 is 25.8. The standard InChI is InChI=1S/C16H17NO3S.C3H4O/c1-17(21(19,20)15-10-6-3-7-11-15)13-12-16(18)14-8-4-2-5-9-14;1-2-3-4/h2-11H,12-13H2,1H3;4H,1H3. The van der Waals surface area contributed by atoms with Crippen LogP contribution in [0.25, 0.3) is 0 Å². The molecule has 0 saturated carbocycles. The Kier molecular flexibility index (Phi) is 8.40. The van der Waals surface area contributed by atoms with E-state index in [2.05, 4.69) is 5.92 Å². The number of hydrogen-bond donors (Lipinski definition) is 1. The van der Waals surface area contributed by atoms with E-state index in [1.165, 1.54) is 11.4 Å². The van der Waals surface area contributed by atoms with Crippen molar-refractivity contribution >= 4 is 15.8 Å². The van der Waals surface area contributed by atoms with Crippen LogP contribution < -0.4 is 0 Å². The molecule has 132 valence electrons. The molecular weight excluding hydrogens is 338 g/mol. The second kappa shape index (κ2) is 10.3. The van der Waals surface area contributed by atoms with E-state index >= 15 is 0 Å². The highest BCUT2D eigenvalue weighted by atomic mass is 32.2. The van der Waals surface area contributed by atoms with Gasteiger partial charge in [0.15, 0.2) is 5.78 Å². The summed E-state index contributed by atoms with van der Waals surface area (Å²) in [6, 6.07) is 17.1. The number of rotatable bonds is 6. The summed E-state index contributed by atoms with van der Waals surface area (Å²) in [6.07, 6.45) is 1.84. The maximum Gasteiger partial charge on any atom is 0.242 e. The molecule has 0 fully saturated rings. The SMILES string of the molecule is CC#CO.CN(CCC(=O)c1ccccc1)S(=O)(=O)c1ccccc1. The number of aliphatic hydroxyl groups is 1. The Morgan fingerprint density at radius 1 is 1.04 bits per heavy atom. The van der Waals surface area contributed by atoms with Crippen LogP contribution >= 0.6 is 0 Å². The number of carbonyl (C=O) groups is 1. The monoisotopic (exact) mass is 359 g/mol. The van der Waals surface area contributed by atoms with Crippen molar-refractivity contribution in [2.75, 3.05) is 13.6 Å². The molecule has 0 aromatic heterocycles. The lowest BCUT2D eigenvalue weighted by Crippen LogP contribution is -2.29. The van der Waals surface area contributed by atoms with Gasteiger partial charge in [-0.25, -0.2) is 12.7 Å². The normalized spacial score (nSPS) is 10.2. The molecule has 0 radical (unpaired) electrons. The molecule has 5 nitrogen and oxygen atoms in total. The first kappa shape index (κ1) is 20.4. The molecule has 0 aliphatic rings. The third-order valence-electron chi connectivity index (χ3n) is 3.31. The highest BCUT2D eigenvalue weighted by Gasteiger charge is 2.20. The van der Waals surface area contributed by atoms with Crippen molar-refractivity contribution in [3.63, 3.8) is 0 Å².